The van der Waals surface area contributed by atoms with Gasteiger partial charge in [0.05, 0.1) is 0 Å². The van der Waals surface area contributed by atoms with E-state index in [9.17, 15) is 0 Å². The van der Waals surface area contributed by atoms with E-state index in [1.807, 2.05) is 0 Å². The van der Waals surface area contributed by atoms with Crippen molar-refractivity contribution in [2.75, 3.05) is 5.32 Å². The van der Waals surface area contributed by atoms with Gasteiger partial charge < -0.3 is 9.73 Å². The lowest BCUT2D eigenvalue weighted by Gasteiger charge is -2.21. The van der Waals surface area contributed by atoms with E-state index in [1.165, 1.54) is 49.2 Å². The number of anilines is 2. The van der Waals surface area contributed by atoms with Gasteiger partial charge in [-0.25, -0.2) is 0 Å². The maximum absolute atomic E-state index is 6.20. The van der Waals surface area contributed by atoms with E-state index in [4.69, 9.17) is 4.42 Å². The van der Waals surface area contributed by atoms with E-state index in [-0.39, 0.29) is 5.41 Å². The summed E-state index contributed by atoms with van der Waals surface area (Å²) in [7, 11) is 0. The largest absolute Gasteiger partial charge is 0.456 e. The number of nitrogens with one attached hydrogen (secondary N) is 1. The Kier molecular flexibility index (Phi) is 4.03. The van der Waals surface area contributed by atoms with Crippen LogP contribution in [0, 0.1) is 0 Å². The van der Waals surface area contributed by atoms with Crippen molar-refractivity contribution in [3.63, 3.8) is 0 Å². The highest BCUT2D eigenvalue weighted by Crippen LogP contribution is 2.52. The SMILES string of the molecule is CC1(C)c2ccc(Nc3ccc4oc5ccc6ccccc6c5c4c3)cc2-c2c1ccc1ccccc21. The summed E-state index contributed by atoms with van der Waals surface area (Å²) in [5.41, 5.74) is 9.42. The maximum atomic E-state index is 6.20. The lowest BCUT2D eigenvalue weighted by Crippen LogP contribution is -2.14. The average Bonchev–Trinajstić information content (AvgIpc) is 3.41. The zero-order valence-corrected chi connectivity index (χ0v) is 20.8. The average molecular weight is 476 g/mol. The molecule has 0 atom stereocenters. The first-order valence-electron chi connectivity index (χ1n) is 12.9. The van der Waals surface area contributed by atoms with Crippen molar-refractivity contribution in [1.82, 2.24) is 0 Å². The summed E-state index contributed by atoms with van der Waals surface area (Å²) in [6.07, 6.45) is 0. The van der Waals surface area contributed by atoms with Crippen LogP contribution < -0.4 is 5.32 Å². The zero-order chi connectivity index (χ0) is 24.7. The van der Waals surface area contributed by atoms with Crippen LogP contribution in [0.25, 0.3) is 54.6 Å². The number of hydrogen-bond acceptors (Lipinski definition) is 2. The van der Waals surface area contributed by atoms with Gasteiger partial charge in [0, 0.05) is 27.6 Å². The van der Waals surface area contributed by atoms with Gasteiger partial charge in [-0.3, -0.25) is 0 Å². The van der Waals surface area contributed by atoms with Gasteiger partial charge in [0.2, 0.25) is 0 Å². The second-order valence-electron chi connectivity index (χ2n) is 10.7. The van der Waals surface area contributed by atoms with Gasteiger partial charge in [0.1, 0.15) is 11.2 Å². The first kappa shape index (κ1) is 20.6. The molecule has 7 aromatic rings. The summed E-state index contributed by atoms with van der Waals surface area (Å²) in [5.74, 6) is 0. The highest BCUT2D eigenvalue weighted by molar-refractivity contribution is 6.19. The topological polar surface area (TPSA) is 25.2 Å². The van der Waals surface area contributed by atoms with Gasteiger partial charge in [-0.15, -0.1) is 0 Å². The summed E-state index contributed by atoms with van der Waals surface area (Å²) in [5, 5.41) is 11.1. The molecule has 2 heteroatoms. The third-order valence-electron chi connectivity index (χ3n) is 8.21. The predicted molar refractivity (Wildman–Crippen MR) is 156 cm³/mol. The van der Waals surface area contributed by atoms with Crippen molar-refractivity contribution in [3.8, 4) is 11.1 Å². The van der Waals surface area contributed by atoms with E-state index in [0.717, 1.165) is 27.9 Å². The molecule has 0 amide bonds. The molecule has 0 spiro atoms. The summed E-state index contributed by atoms with van der Waals surface area (Å²) in [4.78, 5) is 0. The molecule has 2 nitrogen and oxygen atoms in total. The molecule has 6 aromatic carbocycles. The molecule has 0 bridgehead atoms. The Morgan fingerprint density at radius 1 is 0.568 bits per heavy atom. The molecule has 1 N–H and O–H groups in total. The zero-order valence-electron chi connectivity index (χ0n) is 20.8. The van der Waals surface area contributed by atoms with Gasteiger partial charge in [0.25, 0.3) is 0 Å². The monoisotopic (exact) mass is 475 g/mol. The van der Waals surface area contributed by atoms with Crippen LogP contribution in [0.5, 0.6) is 0 Å². The molecule has 0 unspecified atom stereocenters. The van der Waals surface area contributed by atoms with Crippen LogP contribution in [0.4, 0.5) is 11.4 Å². The molecule has 1 aromatic heterocycles. The molecular weight excluding hydrogens is 450 g/mol. The number of hydrogen-bond donors (Lipinski definition) is 1. The van der Waals surface area contributed by atoms with E-state index >= 15 is 0 Å². The molecule has 0 aliphatic heterocycles. The molecule has 0 saturated heterocycles. The van der Waals surface area contributed by atoms with Gasteiger partial charge >= 0.3 is 0 Å². The quantitative estimate of drug-likeness (QED) is 0.269. The Labute approximate surface area is 215 Å². The fraction of sp³-hybridized carbons (Fsp3) is 0.0857. The summed E-state index contributed by atoms with van der Waals surface area (Å²) < 4.78 is 6.20. The first-order chi connectivity index (χ1) is 18.1. The van der Waals surface area contributed by atoms with Gasteiger partial charge in [-0.05, 0) is 80.2 Å². The highest BCUT2D eigenvalue weighted by Gasteiger charge is 2.36. The van der Waals surface area contributed by atoms with Crippen LogP contribution in [-0.4, -0.2) is 0 Å². The third-order valence-corrected chi connectivity index (χ3v) is 8.21. The fourth-order valence-corrected chi connectivity index (χ4v) is 6.39. The number of rotatable bonds is 2. The van der Waals surface area contributed by atoms with Crippen molar-refractivity contribution >= 4 is 54.9 Å². The molecule has 1 heterocycles. The van der Waals surface area contributed by atoms with Gasteiger partial charge in [-0.1, -0.05) is 86.6 Å². The molecule has 0 radical (unpaired) electrons. The Morgan fingerprint density at radius 3 is 2.08 bits per heavy atom. The summed E-state index contributed by atoms with van der Waals surface area (Å²) in [6, 6.07) is 39.2. The smallest absolute Gasteiger partial charge is 0.136 e. The maximum Gasteiger partial charge on any atom is 0.136 e. The Bertz CT molecular complexity index is 2040. The lowest BCUT2D eigenvalue weighted by molar-refractivity contribution is 0.661. The summed E-state index contributed by atoms with van der Waals surface area (Å²) in [6.45, 7) is 4.67. The van der Waals surface area contributed by atoms with E-state index in [0.29, 0.717) is 0 Å². The van der Waals surface area contributed by atoms with Crippen LogP contribution in [0.2, 0.25) is 0 Å². The van der Waals surface area contributed by atoms with Crippen molar-refractivity contribution in [2.45, 2.75) is 19.3 Å². The molecule has 1 aliphatic rings. The number of furan rings is 1. The molecule has 37 heavy (non-hydrogen) atoms. The highest BCUT2D eigenvalue weighted by atomic mass is 16.3. The molecule has 0 saturated carbocycles. The van der Waals surface area contributed by atoms with Gasteiger partial charge in [0.15, 0.2) is 0 Å². The van der Waals surface area contributed by atoms with E-state index in [2.05, 4.69) is 128 Å². The van der Waals surface area contributed by atoms with Crippen molar-refractivity contribution < 1.29 is 4.42 Å². The lowest BCUT2D eigenvalue weighted by atomic mass is 9.82. The van der Waals surface area contributed by atoms with Crippen LogP contribution in [0.1, 0.15) is 25.0 Å². The Morgan fingerprint density at radius 2 is 1.22 bits per heavy atom. The van der Waals surface area contributed by atoms with E-state index in [1.54, 1.807) is 0 Å². The minimum Gasteiger partial charge on any atom is -0.456 e. The molecule has 176 valence electrons. The standard InChI is InChI=1S/C35H25NO/c1-35(2)29-16-13-23(19-27(29)33-25-9-5-3-7-21(25)11-15-30(33)35)36-24-14-18-31-28(20-24)34-26-10-6-4-8-22(26)12-17-32(34)37-31/h3-20,36H,1-2H3. The second kappa shape index (κ2) is 7.24. The predicted octanol–water partition coefficient (Wildman–Crippen LogP) is 9.94. The molecule has 1 aliphatic carbocycles. The molecule has 0 fully saturated rings. The van der Waals surface area contributed by atoms with Crippen LogP contribution >= 0.6 is 0 Å². The Hall–Kier alpha value is -4.56. The number of fused-ring (bicyclic) bond motifs is 10. The second-order valence-corrected chi connectivity index (χ2v) is 10.7. The van der Waals surface area contributed by atoms with Crippen molar-refractivity contribution in [1.29, 1.82) is 0 Å². The van der Waals surface area contributed by atoms with Gasteiger partial charge in [-0.2, -0.15) is 0 Å². The normalized spacial score (nSPS) is 13.9. The van der Waals surface area contributed by atoms with Crippen LogP contribution in [0.3, 0.4) is 0 Å². The van der Waals surface area contributed by atoms with Crippen LogP contribution in [0.15, 0.2) is 114 Å². The minimum atomic E-state index is -0.0249. The minimum absolute atomic E-state index is 0.0249. The molecule has 8 rings (SSSR count). The first-order valence-corrected chi connectivity index (χ1v) is 12.9. The fourth-order valence-electron chi connectivity index (χ4n) is 6.39. The molecular formula is C35H25NO. The Balaban J connectivity index is 1.27. The van der Waals surface area contributed by atoms with Crippen LogP contribution in [-0.2, 0) is 5.41 Å². The van der Waals surface area contributed by atoms with E-state index < -0.39 is 0 Å². The van der Waals surface area contributed by atoms with Crippen molar-refractivity contribution in [3.05, 3.63) is 120 Å². The summed E-state index contributed by atoms with van der Waals surface area (Å²) >= 11 is 0. The third kappa shape index (κ3) is 2.87. The van der Waals surface area contributed by atoms with Crippen molar-refractivity contribution in [2.24, 2.45) is 0 Å². The number of benzene rings is 6.